The van der Waals surface area contributed by atoms with Crippen LogP contribution in [-0.2, 0) is 48.0 Å². The van der Waals surface area contributed by atoms with Crippen LogP contribution in [0.25, 0.3) is 32.7 Å². The molecule has 0 spiro atoms. The molecular formula is C67H73N9O6. The minimum atomic E-state index is -0.741. The van der Waals surface area contributed by atoms with E-state index < -0.39 is 18.1 Å². The number of para-hydroxylation sites is 3. The summed E-state index contributed by atoms with van der Waals surface area (Å²) in [6.45, 7) is 6.14. The van der Waals surface area contributed by atoms with Gasteiger partial charge < -0.3 is 46.9 Å². The molecule has 9 rings (SSSR count). The van der Waals surface area contributed by atoms with Crippen LogP contribution < -0.4 is 31.9 Å². The number of aromatic nitrogens is 3. The lowest BCUT2D eigenvalue weighted by atomic mass is 9.85. The summed E-state index contributed by atoms with van der Waals surface area (Å²) in [5, 5.41) is 21.0. The SMILES string of the molecule is CCCC[C@H](NC(=O)Cc1c[nH]c2ccccc12)C(=O)Nc1ccc(C(c2ccc(NC(=O)[C@H](CCCC)NC(=O)Cc3c[nH]c4ccccc34)cc2)c2ccc(NC(=O)[C@H](CCCC)NC(=O)Cc3c[nH]c4ccccc34)cc2)cc1. The fourth-order valence-corrected chi connectivity index (χ4v) is 10.7. The van der Waals surface area contributed by atoms with Crippen LogP contribution in [0.1, 0.15) is 118 Å². The average Bonchev–Trinajstić information content (AvgIpc) is 4.37. The van der Waals surface area contributed by atoms with Gasteiger partial charge in [-0.3, -0.25) is 28.8 Å². The van der Waals surface area contributed by atoms with E-state index in [9.17, 15) is 28.8 Å². The number of rotatable bonds is 27. The molecule has 0 radical (unpaired) electrons. The van der Waals surface area contributed by atoms with E-state index in [1.54, 1.807) is 0 Å². The third-order valence-electron chi connectivity index (χ3n) is 15.1. The van der Waals surface area contributed by atoms with Crippen molar-refractivity contribution >= 4 is 85.2 Å². The zero-order chi connectivity index (χ0) is 57.4. The number of aromatic amines is 3. The largest absolute Gasteiger partial charge is 0.361 e. The van der Waals surface area contributed by atoms with Crippen molar-refractivity contribution in [2.45, 2.75) is 122 Å². The van der Waals surface area contributed by atoms with Crippen LogP contribution in [0.3, 0.4) is 0 Å². The molecule has 3 heterocycles. The van der Waals surface area contributed by atoms with Crippen LogP contribution in [0.2, 0.25) is 0 Å². The summed E-state index contributed by atoms with van der Waals surface area (Å²) >= 11 is 0. The van der Waals surface area contributed by atoms with Gasteiger partial charge in [0.1, 0.15) is 18.1 Å². The highest BCUT2D eigenvalue weighted by molar-refractivity contribution is 6.00. The van der Waals surface area contributed by atoms with E-state index in [0.29, 0.717) is 36.3 Å². The van der Waals surface area contributed by atoms with Gasteiger partial charge in [0.25, 0.3) is 0 Å². The van der Waals surface area contributed by atoms with Crippen molar-refractivity contribution in [3.05, 3.63) is 198 Å². The Morgan fingerprint density at radius 1 is 0.366 bits per heavy atom. The predicted octanol–water partition coefficient (Wildman–Crippen LogP) is 11.9. The van der Waals surface area contributed by atoms with Crippen molar-refractivity contribution in [1.82, 2.24) is 30.9 Å². The van der Waals surface area contributed by atoms with Gasteiger partial charge in [0.2, 0.25) is 35.4 Å². The van der Waals surface area contributed by atoms with Gasteiger partial charge in [0.05, 0.1) is 19.3 Å². The molecule has 15 heteroatoms. The maximum absolute atomic E-state index is 13.9. The number of amides is 6. The number of fused-ring (bicyclic) bond motifs is 3. The van der Waals surface area contributed by atoms with Crippen LogP contribution >= 0.6 is 0 Å². The highest BCUT2D eigenvalue weighted by atomic mass is 16.2. The molecule has 0 saturated carbocycles. The van der Waals surface area contributed by atoms with Crippen molar-refractivity contribution in [1.29, 1.82) is 0 Å². The second-order valence-electron chi connectivity index (χ2n) is 21.2. The van der Waals surface area contributed by atoms with Crippen molar-refractivity contribution in [2.24, 2.45) is 0 Å². The van der Waals surface area contributed by atoms with Crippen LogP contribution in [0.15, 0.2) is 164 Å². The Morgan fingerprint density at radius 3 is 0.902 bits per heavy atom. The third-order valence-corrected chi connectivity index (χ3v) is 15.1. The number of H-pyrrole nitrogens is 3. The molecule has 3 aromatic heterocycles. The lowest BCUT2D eigenvalue weighted by Gasteiger charge is -2.22. The molecule has 3 atom stereocenters. The first kappa shape index (κ1) is 57.4. The highest BCUT2D eigenvalue weighted by Gasteiger charge is 2.26. The summed E-state index contributed by atoms with van der Waals surface area (Å²) in [7, 11) is 0. The number of nitrogens with one attached hydrogen (secondary N) is 9. The lowest BCUT2D eigenvalue weighted by Crippen LogP contribution is -2.44. The Kier molecular flexibility index (Phi) is 19.5. The van der Waals surface area contributed by atoms with Gasteiger partial charge in [-0.15, -0.1) is 0 Å². The molecular weight excluding hydrogens is 1030 g/mol. The molecule has 0 aliphatic rings. The smallest absolute Gasteiger partial charge is 0.246 e. The van der Waals surface area contributed by atoms with Crippen molar-refractivity contribution < 1.29 is 28.8 Å². The first-order valence-electron chi connectivity index (χ1n) is 28.7. The molecule has 6 amide bonds. The maximum atomic E-state index is 13.9. The number of hydrogen-bond donors (Lipinski definition) is 9. The Balaban J connectivity index is 0.916. The van der Waals surface area contributed by atoms with E-state index in [1.807, 2.05) is 185 Å². The molecule has 82 heavy (non-hydrogen) atoms. The van der Waals surface area contributed by atoms with Crippen LogP contribution in [0, 0.1) is 0 Å². The maximum Gasteiger partial charge on any atom is 0.246 e. The Morgan fingerprint density at radius 2 is 0.634 bits per heavy atom. The molecule has 9 aromatic rings. The number of unbranched alkanes of at least 4 members (excludes halogenated alkanes) is 3. The molecule has 0 bridgehead atoms. The van der Waals surface area contributed by atoms with E-state index in [4.69, 9.17) is 0 Å². The summed E-state index contributed by atoms with van der Waals surface area (Å²) in [5.41, 5.74) is 9.79. The monoisotopic (exact) mass is 1100 g/mol. The quantitative estimate of drug-likeness (QED) is 0.0228. The van der Waals surface area contributed by atoms with E-state index in [0.717, 1.165) is 105 Å². The molecule has 15 nitrogen and oxygen atoms in total. The second-order valence-corrected chi connectivity index (χ2v) is 21.2. The Hall–Kier alpha value is -9.24. The summed E-state index contributed by atoms with van der Waals surface area (Å²) in [6, 6.07) is 44.0. The first-order chi connectivity index (χ1) is 40.0. The predicted molar refractivity (Wildman–Crippen MR) is 327 cm³/mol. The van der Waals surface area contributed by atoms with Crippen molar-refractivity contribution in [3.8, 4) is 0 Å². The average molecular weight is 1100 g/mol. The number of benzene rings is 6. The van der Waals surface area contributed by atoms with Gasteiger partial charge in [-0.1, -0.05) is 150 Å². The normalized spacial score (nSPS) is 12.4. The van der Waals surface area contributed by atoms with Gasteiger partial charge >= 0.3 is 0 Å². The van der Waals surface area contributed by atoms with Crippen LogP contribution in [0.4, 0.5) is 17.1 Å². The molecule has 9 N–H and O–H groups in total. The van der Waals surface area contributed by atoms with E-state index >= 15 is 0 Å². The lowest BCUT2D eigenvalue weighted by molar-refractivity contribution is -0.126. The molecule has 0 saturated heterocycles. The second kappa shape index (κ2) is 27.8. The summed E-state index contributed by atoms with van der Waals surface area (Å²) < 4.78 is 0. The number of hydrogen-bond acceptors (Lipinski definition) is 6. The zero-order valence-corrected chi connectivity index (χ0v) is 46.8. The van der Waals surface area contributed by atoms with Gasteiger partial charge in [0, 0.05) is 74.3 Å². The fraction of sp³-hybridized carbons (Fsp3) is 0.284. The third kappa shape index (κ3) is 14.8. The molecule has 0 unspecified atom stereocenters. The number of carbonyl (C=O) groups excluding carboxylic acids is 6. The first-order valence-corrected chi connectivity index (χ1v) is 28.7. The molecule has 6 aromatic carbocycles. The fourth-order valence-electron chi connectivity index (χ4n) is 10.7. The van der Waals surface area contributed by atoms with Crippen LogP contribution in [-0.4, -0.2) is 68.5 Å². The van der Waals surface area contributed by atoms with E-state index in [1.165, 1.54) is 0 Å². The van der Waals surface area contributed by atoms with Gasteiger partial charge in [-0.2, -0.15) is 0 Å². The Labute approximate surface area is 478 Å². The number of anilines is 3. The van der Waals surface area contributed by atoms with E-state index in [-0.39, 0.29) is 60.6 Å². The van der Waals surface area contributed by atoms with Gasteiger partial charge in [-0.05, 0) is 107 Å². The van der Waals surface area contributed by atoms with Crippen LogP contribution in [0.5, 0.6) is 0 Å². The Bertz CT molecular complexity index is 3260. The van der Waals surface area contributed by atoms with Gasteiger partial charge in [-0.25, -0.2) is 0 Å². The summed E-state index contributed by atoms with van der Waals surface area (Å²) in [4.78, 5) is 91.7. The topological polar surface area (TPSA) is 222 Å². The highest BCUT2D eigenvalue weighted by Crippen LogP contribution is 2.34. The molecule has 0 aliphatic carbocycles. The van der Waals surface area contributed by atoms with Gasteiger partial charge in [0.15, 0.2) is 0 Å². The minimum Gasteiger partial charge on any atom is -0.361 e. The molecule has 0 fully saturated rings. The number of carbonyl (C=O) groups is 6. The summed E-state index contributed by atoms with van der Waals surface area (Å²) in [6.07, 6.45) is 12.2. The summed E-state index contributed by atoms with van der Waals surface area (Å²) in [5.74, 6) is -1.99. The minimum absolute atomic E-state index is 0.131. The molecule has 422 valence electrons. The van der Waals surface area contributed by atoms with Crippen molar-refractivity contribution in [2.75, 3.05) is 16.0 Å². The standard InChI is InChI=1S/C67H73N9O6/c1-4-7-19-58(74-61(77)37-46-40-68-55-22-13-10-16-52(46)55)65(80)71-49-31-25-43(26-32-49)64(44-27-33-50(34-28-44)72-66(81)59(20-8-5-2)75-62(78)38-47-41-69-56-23-14-11-17-53(47)56)45-29-35-51(36-30-45)73-67(82)60(21-9-6-3)76-63(79)39-48-42-70-57-24-15-12-18-54(48)57/h10-18,22-36,40-42,58-60,64,68-70H,4-9,19-21,37-39H2,1-3H3,(H,71,80)(H,72,81)(H,73,82)(H,74,77)(H,75,78)(H,76,79)/t58-,59-,60-/m0/s1. The molecule has 0 aliphatic heterocycles. The zero-order valence-electron chi connectivity index (χ0n) is 46.8. The van der Waals surface area contributed by atoms with Crippen molar-refractivity contribution in [3.63, 3.8) is 0 Å². The van der Waals surface area contributed by atoms with E-state index in [2.05, 4.69) is 46.9 Å².